The van der Waals surface area contributed by atoms with E-state index in [9.17, 15) is 0 Å². The molecule has 0 aliphatic heterocycles. The highest BCUT2D eigenvalue weighted by atomic mass is 14.9. The van der Waals surface area contributed by atoms with Crippen molar-refractivity contribution in [3.63, 3.8) is 0 Å². The average molecular weight is 253 g/mol. The van der Waals surface area contributed by atoms with Gasteiger partial charge in [-0.05, 0) is 38.3 Å². The third-order valence-electron chi connectivity index (χ3n) is 4.36. The fourth-order valence-corrected chi connectivity index (χ4v) is 3.08. The van der Waals surface area contributed by atoms with E-state index >= 15 is 0 Å². The van der Waals surface area contributed by atoms with Crippen molar-refractivity contribution in [2.75, 3.05) is 13.1 Å². The van der Waals surface area contributed by atoms with Gasteiger partial charge in [-0.15, -0.1) is 0 Å². The largest absolute Gasteiger partial charge is 0.316 e. The topological polar surface area (TPSA) is 12.0 Å². The molecule has 18 heavy (non-hydrogen) atoms. The Morgan fingerprint density at radius 2 is 1.39 bits per heavy atom. The average Bonchev–Trinajstić information content (AvgIpc) is 2.42. The first-order valence-electron chi connectivity index (χ1n) is 8.64. The maximum Gasteiger partial charge on any atom is -0.00205 e. The van der Waals surface area contributed by atoms with Crippen molar-refractivity contribution >= 4 is 0 Å². The van der Waals surface area contributed by atoms with Gasteiger partial charge in [0.05, 0.1) is 0 Å². The second kappa shape index (κ2) is 12.0. The van der Waals surface area contributed by atoms with E-state index in [1.165, 1.54) is 96.6 Å². The van der Waals surface area contributed by atoms with E-state index in [-0.39, 0.29) is 0 Å². The van der Waals surface area contributed by atoms with Gasteiger partial charge in [-0.1, -0.05) is 71.1 Å². The number of unbranched alkanes of at least 4 members (excludes halogenated alkanes) is 7. The normalized spacial score (nSPS) is 17.2. The summed E-state index contributed by atoms with van der Waals surface area (Å²) in [6.45, 7) is 4.83. The van der Waals surface area contributed by atoms with E-state index in [4.69, 9.17) is 0 Å². The van der Waals surface area contributed by atoms with Crippen molar-refractivity contribution in [3.8, 4) is 0 Å². The number of nitrogens with one attached hydrogen (secondary N) is 1. The van der Waals surface area contributed by atoms with Gasteiger partial charge in [-0.25, -0.2) is 0 Å². The Hall–Kier alpha value is -0.0400. The highest BCUT2D eigenvalue weighted by Gasteiger charge is 2.11. The molecule has 1 saturated carbocycles. The summed E-state index contributed by atoms with van der Waals surface area (Å²) >= 11 is 0. The number of hydrogen-bond donors (Lipinski definition) is 1. The maximum absolute atomic E-state index is 3.67. The highest BCUT2D eigenvalue weighted by Crippen LogP contribution is 2.22. The van der Waals surface area contributed by atoms with Crippen LogP contribution in [0.15, 0.2) is 0 Å². The molecule has 108 valence electrons. The lowest BCUT2D eigenvalue weighted by Crippen LogP contribution is -2.25. The lowest BCUT2D eigenvalue weighted by Gasteiger charge is -2.21. The molecule has 0 unspecified atom stereocenters. The number of rotatable bonds is 11. The first kappa shape index (κ1) is 16.0. The van der Waals surface area contributed by atoms with Crippen molar-refractivity contribution in [3.05, 3.63) is 0 Å². The molecule has 0 aromatic carbocycles. The lowest BCUT2D eigenvalue weighted by atomic mass is 9.89. The number of hydrogen-bond acceptors (Lipinski definition) is 1. The molecule has 0 aromatic rings. The van der Waals surface area contributed by atoms with E-state index in [1.807, 2.05) is 0 Å². The molecule has 0 saturated heterocycles. The van der Waals surface area contributed by atoms with Gasteiger partial charge in [0.25, 0.3) is 0 Å². The Balaban J connectivity index is 1.73. The molecular weight excluding hydrogens is 218 g/mol. The summed E-state index contributed by atoms with van der Waals surface area (Å²) in [7, 11) is 0. The molecule has 1 fully saturated rings. The molecule has 1 heteroatoms. The van der Waals surface area contributed by atoms with Crippen LogP contribution >= 0.6 is 0 Å². The van der Waals surface area contributed by atoms with E-state index < -0.39 is 0 Å². The third-order valence-corrected chi connectivity index (χ3v) is 4.36. The molecule has 1 N–H and O–H groups in total. The van der Waals surface area contributed by atoms with Gasteiger partial charge in [0.1, 0.15) is 0 Å². The second-order valence-corrected chi connectivity index (χ2v) is 6.18. The minimum Gasteiger partial charge on any atom is -0.316 e. The molecule has 0 atom stereocenters. The van der Waals surface area contributed by atoms with Crippen LogP contribution in [0.3, 0.4) is 0 Å². The first-order chi connectivity index (χ1) is 8.93. The maximum atomic E-state index is 3.67. The second-order valence-electron chi connectivity index (χ2n) is 6.18. The molecule has 0 spiro atoms. The molecule has 1 aliphatic carbocycles. The first-order valence-corrected chi connectivity index (χ1v) is 8.64. The van der Waals surface area contributed by atoms with Crippen molar-refractivity contribution in [1.82, 2.24) is 5.32 Å². The van der Waals surface area contributed by atoms with Gasteiger partial charge in [-0.2, -0.15) is 0 Å². The van der Waals surface area contributed by atoms with Gasteiger partial charge < -0.3 is 5.32 Å². The lowest BCUT2D eigenvalue weighted by molar-refractivity contribution is 0.341. The molecule has 1 rings (SSSR count). The monoisotopic (exact) mass is 253 g/mol. The van der Waals surface area contributed by atoms with Crippen LogP contribution in [-0.2, 0) is 0 Å². The van der Waals surface area contributed by atoms with E-state index in [0.29, 0.717) is 0 Å². The van der Waals surface area contributed by atoms with Crippen molar-refractivity contribution in [2.45, 2.75) is 90.4 Å². The summed E-state index contributed by atoms with van der Waals surface area (Å²) in [5, 5.41) is 3.67. The van der Waals surface area contributed by atoms with Crippen LogP contribution in [0, 0.1) is 5.92 Å². The summed E-state index contributed by atoms with van der Waals surface area (Å²) in [5.41, 5.74) is 0. The fraction of sp³-hybridized carbons (Fsp3) is 1.00. The van der Waals surface area contributed by atoms with Gasteiger partial charge in [-0.3, -0.25) is 0 Å². The van der Waals surface area contributed by atoms with Crippen LogP contribution in [0.2, 0.25) is 0 Å². The molecule has 0 bridgehead atoms. The van der Waals surface area contributed by atoms with Crippen molar-refractivity contribution in [1.29, 1.82) is 0 Å². The zero-order valence-electron chi connectivity index (χ0n) is 12.7. The van der Waals surface area contributed by atoms with Crippen LogP contribution in [-0.4, -0.2) is 13.1 Å². The molecule has 0 radical (unpaired) electrons. The summed E-state index contributed by atoms with van der Waals surface area (Å²) in [4.78, 5) is 0. The van der Waals surface area contributed by atoms with Crippen molar-refractivity contribution < 1.29 is 0 Å². The van der Waals surface area contributed by atoms with E-state index in [0.717, 1.165) is 5.92 Å². The SMILES string of the molecule is CCCCCCCCCCNCC1CCCCC1. The van der Waals surface area contributed by atoms with E-state index in [1.54, 1.807) is 0 Å². The summed E-state index contributed by atoms with van der Waals surface area (Å²) in [6, 6.07) is 0. The molecular formula is C17H35N. The molecule has 0 amide bonds. The Bertz CT molecular complexity index is 161. The van der Waals surface area contributed by atoms with Crippen molar-refractivity contribution in [2.24, 2.45) is 5.92 Å². The zero-order chi connectivity index (χ0) is 12.9. The van der Waals surface area contributed by atoms with Crippen LogP contribution in [0.5, 0.6) is 0 Å². The summed E-state index contributed by atoms with van der Waals surface area (Å²) in [5.74, 6) is 0.993. The smallest absolute Gasteiger partial charge is 0.00205 e. The van der Waals surface area contributed by atoms with E-state index in [2.05, 4.69) is 12.2 Å². The van der Waals surface area contributed by atoms with Crippen LogP contribution in [0.25, 0.3) is 0 Å². The Labute approximate surface area is 115 Å². The third kappa shape index (κ3) is 8.97. The zero-order valence-corrected chi connectivity index (χ0v) is 12.7. The Kier molecular flexibility index (Phi) is 10.7. The minimum atomic E-state index is 0.993. The van der Waals surface area contributed by atoms with Gasteiger partial charge >= 0.3 is 0 Å². The predicted molar refractivity (Wildman–Crippen MR) is 82.1 cm³/mol. The van der Waals surface area contributed by atoms with Gasteiger partial charge in [0.2, 0.25) is 0 Å². The van der Waals surface area contributed by atoms with Gasteiger partial charge in [0.15, 0.2) is 0 Å². The summed E-state index contributed by atoms with van der Waals surface area (Å²) in [6.07, 6.45) is 18.8. The fourth-order valence-electron chi connectivity index (χ4n) is 3.08. The molecule has 0 aromatic heterocycles. The molecule has 0 heterocycles. The van der Waals surface area contributed by atoms with Crippen LogP contribution < -0.4 is 5.32 Å². The van der Waals surface area contributed by atoms with Crippen LogP contribution in [0.4, 0.5) is 0 Å². The van der Waals surface area contributed by atoms with Gasteiger partial charge in [0, 0.05) is 0 Å². The molecule has 1 nitrogen and oxygen atoms in total. The highest BCUT2D eigenvalue weighted by molar-refractivity contribution is 4.67. The Morgan fingerprint density at radius 3 is 2.06 bits per heavy atom. The Morgan fingerprint density at radius 1 is 0.778 bits per heavy atom. The quantitative estimate of drug-likeness (QED) is 0.493. The predicted octanol–water partition coefficient (Wildman–Crippen LogP) is 5.30. The molecule has 1 aliphatic rings. The minimum absolute atomic E-state index is 0.993. The summed E-state index contributed by atoms with van der Waals surface area (Å²) < 4.78 is 0. The standard InChI is InChI=1S/C17H35N/c1-2-3-4-5-6-7-8-12-15-18-16-17-13-10-9-11-14-17/h17-18H,2-16H2,1H3. The van der Waals surface area contributed by atoms with Crippen LogP contribution in [0.1, 0.15) is 90.4 Å².